The van der Waals surface area contributed by atoms with Crippen LogP contribution >= 0.6 is 0 Å². The Hall–Kier alpha value is -0.570. The van der Waals surface area contributed by atoms with Crippen molar-refractivity contribution in [2.75, 3.05) is 13.1 Å². The van der Waals surface area contributed by atoms with Crippen LogP contribution in [0.1, 0.15) is 65.7 Å². The predicted molar refractivity (Wildman–Crippen MR) is 74.9 cm³/mol. The van der Waals surface area contributed by atoms with Crippen molar-refractivity contribution in [3.8, 4) is 0 Å². The van der Waals surface area contributed by atoms with E-state index in [9.17, 15) is 4.79 Å². The van der Waals surface area contributed by atoms with Gasteiger partial charge < -0.3 is 9.64 Å². The van der Waals surface area contributed by atoms with Gasteiger partial charge in [0.25, 0.3) is 0 Å². The first-order valence-corrected chi connectivity index (χ1v) is 7.80. The van der Waals surface area contributed by atoms with Gasteiger partial charge >= 0.3 is 0 Å². The first kappa shape index (κ1) is 13.4. The molecule has 3 rings (SSSR count). The SMILES string of the molecule is CC1(CC(=O)N2CC(C)(C)OC3(CCCC3)C2)CC1. The molecule has 3 nitrogen and oxygen atoms in total. The summed E-state index contributed by atoms with van der Waals surface area (Å²) in [5.41, 5.74) is 0.0763. The second kappa shape index (κ2) is 4.21. The van der Waals surface area contributed by atoms with Crippen LogP contribution in [-0.4, -0.2) is 35.1 Å². The van der Waals surface area contributed by atoms with E-state index in [2.05, 4.69) is 25.7 Å². The number of rotatable bonds is 2. The molecule has 3 fully saturated rings. The minimum atomic E-state index is -0.192. The highest BCUT2D eigenvalue weighted by Crippen LogP contribution is 2.49. The number of hydrogen-bond acceptors (Lipinski definition) is 2. The molecule has 2 aliphatic carbocycles. The minimum Gasteiger partial charge on any atom is -0.365 e. The Morgan fingerprint density at radius 1 is 1.05 bits per heavy atom. The zero-order valence-electron chi connectivity index (χ0n) is 12.6. The topological polar surface area (TPSA) is 29.5 Å². The maximum Gasteiger partial charge on any atom is 0.223 e. The molecule has 1 aliphatic heterocycles. The molecule has 3 heteroatoms. The highest BCUT2D eigenvalue weighted by molar-refractivity contribution is 5.77. The lowest BCUT2D eigenvalue weighted by Crippen LogP contribution is -2.60. The Morgan fingerprint density at radius 3 is 2.26 bits per heavy atom. The summed E-state index contributed by atoms with van der Waals surface area (Å²) in [4.78, 5) is 14.6. The monoisotopic (exact) mass is 265 g/mol. The molecule has 0 aromatic rings. The van der Waals surface area contributed by atoms with Crippen LogP contribution in [0.15, 0.2) is 0 Å². The largest absolute Gasteiger partial charge is 0.365 e. The molecule has 2 saturated carbocycles. The second-order valence-electron chi connectivity index (χ2n) is 7.99. The fourth-order valence-corrected chi connectivity index (χ4v) is 3.84. The van der Waals surface area contributed by atoms with Crippen LogP contribution < -0.4 is 0 Å². The average molecular weight is 265 g/mol. The summed E-state index contributed by atoms with van der Waals surface area (Å²) < 4.78 is 6.35. The highest BCUT2D eigenvalue weighted by atomic mass is 16.5. The molecule has 0 radical (unpaired) electrons. The molecular weight excluding hydrogens is 238 g/mol. The third kappa shape index (κ3) is 2.81. The predicted octanol–water partition coefficient (Wildman–Crippen LogP) is 3.13. The lowest BCUT2D eigenvalue weighted by Gasteiger charge is -2.49. The van der Waals surface area contributed by atoms with Crippen molar-refractivity contribution in [2.24, 2.45) is 5.41 Å². The number of morpholine rings is 1. The summed E-state index contributed by atoms with van der Waals surface area (Å²) >= 11 is 0. The van der Waals surface area contributed by atoms with Gasteiger partial charge in [0.1, 0.15) is 0 Å². The molecule has 0 aromatic heterocycles. The quantitative estimate of drug-likeness (QED) is 0.767. The van der Waals surface area contributed by atoms with Crippen LogP contribution in [0.5, 0.6) is 0 Å². The third-order valence-corrected chi connectivity index (χ3v) is 5.09. The van der Waals surface area contributed by atoms with E-state index in [-0.39, 0.29) is 11.2 Å². The van der Waals surface area contributed by atoms with Gasteiger partial charge in [0.15, 0.2) is 0 Å². The molecule has 1 amide bonds. The summed E-state index contributed by atoms with van der Waals surface area (Å²) in [6.07, 6.45) is 7.91. The molecule has 0 bridgehead atoms. The second-order valence-corrected chi connectivity index (χ2v) is 7.99. The molecular formula is C16H27NO2. The van der Waals surface area contributed by atoms with Crippen molar-refractivity contribution in [3.63, 3.8) is 0 Å². The highest BCUT2D eigenvalue weighted by Gasteiger charge is 2.48. The molecule has 0 N–H and O–H groups in total. The molecule has 3 aliphatic rings. The van der Waals surface area contributed by atoms with Crippen LogP contribution in [0.3, 0.4) is 0 Å². The number of hydrogen-bond donors (Lipinski definition) is 0. The maximum absolute atomic E-state index is 12.6. The summed E-state index contributed by atoms with van der Waals surface area (Å²) in [7, 11) is 0. The van der Waals surface area contributed by atoms with E-state index in [1.54, 1.807) is 0 Å². The van der Waals surface area contributed by atoms with Crippen LogP contribution in [0.25, 0.3) is 0 Å². The minimum absolute atomic E-state index is 0.0398. The Morgan fingerprint density at radius 2 is 1.68 bits per heavy atom. The number of carbonyl (C=O) groups is 1. The smallest absolute Gasteiger partial charge is 0.223 e. The van der Waals surface area contributed by atoms with E-state index < -0.39 is 0 Å². The standard InChI is InChI=1S/C16H27NO2/c1-14(2)11-17(13(18)10-15(3)8-9-15)12-16(19-14)6-4-5-7-16/h4-12H2,1-3H3. The van der Waals surface area contributed by atoms with Gasteiger partial charge in [0, 0.05) is 19.5 Å². The molecule has 1 heterocycles. The van der Waals surface area contributed by atoms with Crippen molar-refractivity contribution in [3.05, 3.63) is 0 Å². The Bertz CT molecular complexity index is 378. The lowest BCUT2D eigenvalue weighted by molar-refractivity contribution is -0.198. The van der Waals surface area contributed by atoms with Gasteiger partial charge in [0.2, 0.25) is 5.91 Å². The zero-order chi connectivity index (χ0) is 13.7. The molecule has 0 atom stereocenters. The van der Waals surface area contributed by atoms with Gasteiger partial charge in [-0.2, -0.15) is 0 Å². The molecule has 1 spiro atoms. The van der Waals surface area contributed by atoms with E-state index in [4.69, 9.17) is 4.74 Å². The van der Waals surface area contributed by atoms with Crippen LogP contribution in [0, 0.1) is 5.41 Å². The van der Waals surface area contributed by atoms with Gasteiger partial charge in [-0.25, -0.2) is 0 Å². The summed E-state index contributed by atoms with van der Waals surface area (Å²) in [6, 6.07) is 0. The summed E-state index contributed by atoms with van der Waals surface area (Å²) in [5.74, 6) is 0.350. The Labute approximate surface area is 116 Å². The van der Waals surface area contributed by atoms with Gasteiger partial charge in [-0.1, -0.05) is 19.8 Å². The lowest BCUT2D eigenvalue weighted by atomic mass is 9.93. The third-order valence-electron chi connectivity index (χ3n) is 5.09. The molecule has 1 saturated heterocycles. The van der Waals surface area contributed by atoms with Gasteiger partial charge in [-0.05, 0) is 44.9 Å². The van der Waals surface area contributed by atoms with Gasteiger partial charge in [-0.3, -0.25) is 4.79 Å². The van der Waals surface area contributed by atoms with Crippen LogP contribution in [0.2, 0.25) is 0 Å². The Balaban J connectivity index is 1.71. The number of nitrogens with zero attached hydrogens (tertiary/aromatic N) is 1. The van der Waals surface area contributed by atoms with Crippen molar-refractivity contribution in [1.29, 1.82) is 0 Å². The van der Waals surface area contributed by atoms with Crippen LogP contribution in [-0.2, 0) is 9.53 Å². The summed E-state index contributed by atoms with van der Waals surface area (Å²) in [6.45, 7) is 8.08. The maximum atomic E-state index is 12.6. The van der Waals surface area contributed by atoms with E-state index >= 15 is 0 Å². The fraction of sp³-hybridized carbons (Fsp3) is 0.938. The number of amides is 1. The van der Waals surface area contributed by atoms with E-state index in [0.29, 0.717) is 11.3 Å². The normalized spacial score (nSPS) is 30.6. The average Bonchev–Trinajstić information content (AvgIpc) is 2.84. The molecule has 0 aromatic carbocycles. The Kier molecular flexibility index (Phi) is 2.97. The number of ether oxygens (including phenoxy) is 1. The van der Waals surface area contributed by atoms with Crippen molar-refractivity contribution >= 4 is 5.91 Å². The molecule has 0 unspecified atom stereocenters. The van der Waals surface area contributed by atoms with E-state index in [1.165, 1.54) is 25.7 Å². The first-order chi connectivity index (χ1) is 8.82. The van der Waals surface area contributed by atoms with E-state index in [0.717, 1.165) is 32.4 Å². The van der Waals surface area contributed by atoms with Crippen LogP contribution in [0.4, 0.5) is 0 Å². The molecule has 108 valence electrons. The zero-order valence-corrected chi connectivity index (χ0v) is 12.6. The van der Waals surface area contributed by atoms with Crippen molar-refractivity contribution in [1.82, 2.24) is 4.90 Å². The van der Waals surface area contributed by atoms with Crippen molar-refractivity contribution in [2.45, 2.75) is 76.9 Å². The summed E-state index contributed by atoms with van der Waals surface area (Å²) in [5, 5.41) is 0. The fourth-order valence-electron chi connectivity index (χ4n) is 3.84. The van der Waals surface area contributed by atoms with Gasteiger partial charge in [0.05, 0.1) is 11.2 Å². The molecule has 19 heavy (non-hydrogen) atoms. The van der Waals surface area contributed by atoms with Crippen molar-refractivity contribution < 1.29 is 9.53 Å². The van der Waals surface area contributed by atoms with Gasteiger partial charge in [-0.15, -0.1) is 0 Å². The first-order valence-electron chi connectivity index (χ1n) is 7.80. The number of carbonyl (C=O) groups excluding carboxylic acids is 1. The van der Waals surface area contributed by atoms with E-state index in [1.807, 2.05) is 0 Å².